The second-order valence-corrected chi connectivity index (χ2v) is 5.82. The predicted octanol–water partition coefficient (Wildman–Crippen LogP) is 3.77. The number of amides is 1. The summed E-state index contributed by atoms with van der Waals surface area (Å²) in [6, 6.07) is 7.80. The first-order valence-corrected chi connectivity index (χ1v) is 7.80. The number of hydrogen-bond acceptors (Lipinski definition) is 3. The van der Waals surface area contributed by atoms with Crippen molar-refractivity contribution in [3.8, 4) is 0 Å². The van der Waals surface area contributed by atoms with E-state index in [0.717, 1.165) is 6.07 Å². The molecular formula is C18H12F3N3O2. The molecule has 0 saturated heterocycles. The fraction of sp³-hybridized carbons (Fsp3) is 0.111. The number of aliphatic hydroxyl groups is 1. The van der Waals surface area contributed by atoms with Crippen LogP contribution in [0.3, 0.4) is 0 Å². The first-order chi connectivity index (χ1) is 12.5. The van der Waals surface area contributed by atoms with Crippen molar-refractivity contribution in [3.05, 3.63) is 65.4 Å². The maximum atomic E-state index is 14.2. The van der Waals surface area contributed by atoms with Crippen molar-refractivity contribution in [2.24, 2.45) is 0 Å². The van der Waals surface area contributed by atoms with Crippen molar-refractivity contribution < 1.29 is 23.1 Å². The van der Waals surface area contributed by atoms with Crippen LogP contribution in [0, 0.1) is 17.5 Å². The van der Waals surface area contributed by atoms with E-state index < -0.39 is 23.4 Å². The van der Waals surface area contributed by atoms with Crippen LogP contribution in [0.2, 0.25) is 0 Å². The zero-order chi connectivity index (χ0) is 18.4. The molecule has 0 saturated carbocycles. The van der Waals surface area contributed by atoms with Gasteiger partial charge in [0.1, 0.15) is 28.5 Å². The van der Waals surface area contributed by atoms with Gasteiger partial charge in [0.2, 0.25) is 0 Å². The first kappa shape index (κ1) is 16.2. The van der Waals surface area contributed by atoms with E-state index in [9.17, 15) is 23.1 Å². The van der Waals surface area contributed by atoms with E-state index in [2.05, 4.69) is 10.3 Å². The van der Waals surface area contributed by atoms with Crippen LogP contribution in [0.5, 0.6) is 0 Å². The smallest absolute Gasteiger partial charge is 0.262 e. The molecule has 1 aliphatic heterocycles. The number of benzene rings is 2. The van der Waals surface area contributed by atoms with Gasteiger partial charge in [0.15, 0.2) is 11.6 Å². The molecule has 1 aliphatic rings. The van der Waals surface area contributed by atoms with Crippen LogP contribution < -0.4 is 5.32 Å². The van der Waals surface area contributed by atoms with Crippen molar-refractivity contribution in [3.63, 3.8) is 0 Å². The SMILES string of the molecule is O=C(Nc1ccccc1F)C1=C(O)CCn2c1nc1ccc(F)c(F)c12. The number of aryl methyl sites for hydroxylation is 1. The highest BCUT2D eigenvalue weighted by Crippen LogP contribution is 2.32. The van der Waals surface area contributed by atoms with E-state index in [1.807, 2.05) is 0 Å². The van der Waals surface area contributed by atoms with Crippen molar-refractivity contribution in [1.82, 2.24) is 9.55 Å². The van der Waals surface area contributed by atoms with Gasteiger partial charge in [-0.3, -0.25) is 4.79 Å². The Labute approximate surface area is 145 Å². The number of hydrogen-bond donors (Lipinski definition) is 2. The molecule has 8 heteroatoms. The minimum absolute atomic E-state index is 0.00193. The van der Waals surface area contributed by atoms with Crippen molar-refractivity contribution >= 4 is 28.2 Å². The van der Waals surface area contributed by atoms with Gasteiger partial charge in [-0.2, -0.15) is 0 Å². The predicted molar refractivity (Wildman–Crippen MR) is 88.8 cm³/mol. The number of rotatable bonds is 2. The minimum atomic E-state index is -1.07. The third-order valence-electron chi connectivity index (χ3n) is 4.23. The summed E-state index contributed by atoms with van der Waals surface area (Å²) in [6.07, 6.45) is 0.0361. The molecule has 0 radical (unpaired) electrons. The van der Waals surface area contributed by atoms with E-state index in [1.165, 1.54) is 28.8 Å². The summed E-state index contributed by atoms with van der Waals surface area (Å²) in [5, 5.41) is 12.6. The fourth-order valence-corrected chi connectivity index (χ4v) is 3.02. The summed E-state index contributed by atoms with van der Waals surface area (Å²) < 4.78 is 42.8. The van der Waals surface area contributed by atoms with Gasteiger partial charge in [-0.1, -0.05) is 12.1 Å². The summed E-state index contributed by atoms with van der Waals surface area (Å²) >= 11 is 0. The molecule has 0 unspecified atom stereocenters. The number of allylic oxidation sites excluding steroid dienone is 1. The number of halogens is 3. The van der Waals surface area contributed by atoms with E-state index in [4.69, 9.17) is 0 Å². The molecular weight excluding hydrogens is 347 g/mol. The Bertz CT molecular complexity index is 1090. The number of imidazole rings is 1. The Kier molecular flexibility index (Phi) is 3.68. The molecule has 1 amide bonds. The Hall–Kier alpha value is -3.29. The highest BCUT2D eigenvalue weighted by atomic mass is 19.2. The van der Waals surface area contributed by atoms with Gasteiger partial charge < -0.3 is 15.0 Å². The number of nitrogens with zero attached hydrogens (tertiary/aromatic N) is 2. The molecule has 4 rings (SSSR count). The molecule has 2 heterocycles. The zero-order valence-corrected chi connectivity index (χ0v) is 13.3. The van der Waals surface area contributed by atoms with Crippen molar-refractivity contribution in [1.29, 1.82) is 0 Å². The molecule has 1 aromatic heterocycles. The molecule has 0 aliphatic carbocycles. The Morgan fingerprint density at radius 3 is 2.65 bits per heavy atom. The zero-order valence-electron chi connectivity index (χ0n) is 13.3. The van der Waals surface area contributed by atoms with E-state index in [1.54, 1.807) is 6.07 Å². The fourth-order valence-electron chi connectivity index (χ4n) is 3.02. The van der Waals surface area contributed by atoms with Crippen molar-refractivity contribution in [2.75, 3.05) is 5.32 Å². The van der Waals surface area contributed by atoms with Crippen LogP contribution >= 0.6 is 0 Å². The number of fused-ring (bicyclic) bond motifs is 3. The first-order valence-electron chi connectivity index (χ1n) is 7.80. The summed E-state index contributed by atoms with van der Waals surface area (Å²) in [5.41, 5.74) is -0.188. The van der Waals surface area contributed by atoms with Crippen molar-refractivity contribution in [2.45, 2.75) is 13.0 Å². The number of aliphatic hydroxyl groups excluding tert-OH is 1. The maximum absolute atomic E-state index is 14.2. The number of carbonyl (C=O) groups excluding carboxylic acids is 1. The highest BCUT2D eigenvalue weighted by molar-refractivity contribution is 6.25. The van der Waals surface area contributed by atoms with Gasteiger partial charge in [0.05, 0.1) is 11.2 Å². The molecule has 132 valence electrons. The lowest BCUT2D eigenvalue weighted by Crippen LogP contribution is -2.22. The second kappa shape index (κ2) is 5.91. The van der Waals surface area contributed by atoms with E-state index in [-0.39, 0.29) is 46.8 Å². The summed E-state index contributed by atoms with van der Waals surface area (Å²) in [7, 11) is 0. The lowest BCUT2D eigenvalue weighted by atomic mass is 10.1. The number of aromatic nitrogens is 2. The molecule has 2 N–H and O–H groups in total. The standard InChI is InChI=1S/C18H12F3N3O2/c19-9-3-1-2-4-11(9)23-18(26)14-13(25)7-8-24-16-12(22-17(14)24)6-5-10(20)15(16)21/h1-6,25H,7-8H2,(H,23,26). The van der Waals surface area contributed by atoms with Crippen LogP contribution in [0.15, 0.2) is 42.2 Å². The molecule has 0 fully saturated rings. The Morgan fingerprint density at radius 1 is 1.12 bits per heavy atom. The average Bonchev–Trinajstić information content (AvgIpc) is 2.99. The lowest BCUT2D eigenvalue weighted by molar-refractivity contribution is -0.111. The number of carbonyl (C=O) groups is 1. The van der Waals surface area contributed by atoms with E-state index >= 15 is 0 Å². The topological polar surface area (TPSA) is 67.2 Å². The third-order valence-corrected chi connectivity index (χ3v) is 4.23. The van der Waals surface area contributed by atoms with Gasteiger partial charge in [-0.15, -0.1) is 0 Å². The minimum Gasteiger partial charge on any atom is -0.511 e. The van der Waals surface area contributed by atoms with Gasteiger partial charge in [0.25, 0.3) is 5.91 Å². The third kappa shape index (κ3) is 2.42. The molecule has 3 aromatic rings. The molecule has 0 spiro atoms. The Morgan fingerprint density at radius 2 is 1.88 bits per heavy atom. The van der Waals surface area contributed by atoms with Crippen LogP contribution in [0.25, 0.3) is 16.6 Å². The quantitative estimate of drug-likeness (QED) is 0.732. The second-order valence-electron chi connectivity index (χ2n) is 5.82. The highest BCUT2D eigenvalue weighted by Gasteiger charge is 2.30. The van der Waals surface area contributed by atoms with Crippen LogP contribution in [0.1, 0.15) is 12.2 Å². The molecule has 2 aromatic carbocycles. The van der Waals surface area contributed by atoms with Gasteiger partial charge in [-0.05, 0) is 24.3 Å². The van der Waals surface area contributed by atoms with Gasteiger partial charge in [-0.25, -0.2) is 18.2 Å². The summed E-state index contributed by atoms with van der Waals surface area (Å²) in [4.78, 5) is 16.8. The monoisotopic (exact) mass is 359 g/mol. The Balaban J connectivity index is 1.82. The van der Waals surface area contributed by atoms with Crippen LogP contribution in [-0.4, -0.2) is 20.6 Å². The van der Waals surface area contributed by atoms with E-state index in [0.29, 0.717) is 0 Å². The summed E-state index contributed by atoms with van der Waals surface area (Å²) in [5.74, 6) is -3.78. The molecule has 0 bridgehead atoms. The molecule has 26 heavy (non-hydrogen) atoms. The maximum Gasteiger partial charge on any atom is 0.262 e. The number of nitrogens with one attached hydrogen (secondary N) is 1. The average molecular weight is 359 g/mol. The molecule has 0 atom stereocenters. The normalized spacial score (nSPS) is 13.8. The van der Waals surface area contributed by atoms with Crippen LogP contribution in [-0.2, 0) is 11.3 Å². The van der Waals surface area contributed by atoms with Gasteiger partial charge in [0, 0.05) is 13.0 Å². The molecule has 5 nitrogen and oxygen atoms in total. The lowest BCUT2D eigenvalue weighted by Gasteiger charge is -2.19. The summed E-state index contributed by atoms with van der Waals surface area (Å²) in [6.45, 7) is 0.133. The number of anilines is 1. The number of para-hydroxylation sites is 1. The largest absolute Gasteiger partial charge is 0.511 e. The van der Waals surface area contributed by atoms with Crippen LogP contribution in [0.4, 0.5) is 18.9 Å². The van der Waals surface area contributed by atoms with Gasteiger partial charge >= 0.3 is 0 Å².